The van der Waals surface area contributed by atoms with Crippen molar-refractivity contribution in [1.82, 2.24) is 20.4 Å². The first kappa shape index (κ1) is 18.9. The quantitative estimate of drug-likeness (QED) is 0.841. The lowest BCUT2D eigenvalue weighted by Crippen LogP contribution is -2.54. The van der Waals surface area contributed by atoms with Gasteiger partial charge in [0.25, 0.3) is 0 Å². The van der Waals surface area contributed by atoms with Gasteiger partial charge in [-0.25, -0.2) is 0 Å². The second-order valence-electron chi connectivity index (χ2n) is 6.65. The maximum atomic E-state index is 5.45. The molecule has 0 bridgehead atoms. The Kier molecular flexibility index (Phi) is 6.80. The Morgan fingerprint density at radius 1 is 1.21 bits per heavy atom. The van der Waals surface area contributed by atoms with Crippen LogP contribution in [-0.2, 0) is 11.3 Å². The molecule has 1 saturated heterocycles. The van der Waals surface area contributed by atoms with E-state index in [4.69, 9.17) is 4.74 Å². The van der Waals surface area contributed by atoms with E-state index in [1.54, 1.807) is 0 Å². The van der Waals surface area contributed by atoms with Gasteiger partial charge < -0.3 is 10.1 Å². The van der Waals surface area contributed by atoms with Crippen LogP contribution in [0.5, 0.6) is 0 Å². The minimum absolute atomic E-state index is 0. The molecule has 0 spiro atoms. The van der Waals surface area contributed by atoms with Gasteiger partial charge in [-0.1, -0.05) is 30.3 Å². The third-order valence-corrected chi connectivity index (χ3v) is 4.52. The first-order chi connectivity index (χ1) is 11.2. The average molecular weight is 351 g/mol. The van der Waals surface area contributed by atoms with Crippen LogP contribution in [0.15, 0.2) is 36.5 Å². The van der Waals surface area contributed by atoms with Crippen LogP contribution in [-0.4, -0.2) is 53.5 Å². The van der Waals surface area contributed by atoms with E-state index < -0.39 is 0 Å². The highest BCUT2D eigenvalue weighted by Gasteiger charge is 2.27. The zero-order valence-electron chi connectivity index (χ0n) is 14.4. The molecule has 0 unspecified atom stereocenters. The predicted molar refractivity (Wildman–Crippen MR) is 99.4 cm³/mol. The van der Waals surface area contributed by atoms with E-state index in [1.807, 2.05) is 12.3 Å². The van der Waals surface area contributed by atoms with Crippen LogP contribution in [0, 0.1) is 0 Å². The predicted octanol–water partition coefficient (Wildman–Crippen LogP) is 2.70. The topological polar surface area (TPSA) is 53.2 Å². The number of hydrogen-bond acceptors (Lipinski definition) is 4. The maximum absolute atomic E-state index is 5.45. The fraction of sp³-hybridized carbons (Fsp3) is 0.500. The normalized spacial score (nSPS) is 15.9. The molecule has 1 fully saturated rings. The molecule has 1 aromatic heterocycles. The first-order valence-corrected chi connectivity index (χ1v) is 8.28. The molecule has 0 atom stereocenters. The molecule has 132 valence electrons. The molecule has 0 aliphatic carbocycles. The molecule has 24 heavy (non-hydrogen) atoms. The summed E-state index contributed by atoms with van der Waals surface area (Å²) in [5.74, 6) is 0. The van der Waals surface area contributed by atoms with Gasteiger partial charge in [0.05, 0.1) is 25.1 Å². The zero-order valence-corrected chi connectivity index (χ0v) is 15.2. The molecule has 1 aromatic carbocycles. The van der Waals surface area contributed by atoms with Crippen LogP contribution in [0.2, 0.25) is 0 Å². The number of rotatable bonds is 6. The van der Waals surface area contributed by atoms with E-state index in [9.17, 15) is 0 Å². The first-order valence-electron chi connectivity index (χ1n) is 8.28. The highest BCUT2D eigenvalue weighted by Crippen LogP contribution is 2.21. The molecule has 2 aromatic rings. The van der Waals surface area contributed by atoms with E-state index in [2.05, 4.69) is 58.5 Å². The van der Waals surface area contributed by atoms with Gasteiger partial charge >= 0.3 is 0 Å². The molecule has 2 N–H and O–H groups in total. The van der Waals surface area contributed by atoms with E-state index in [1.165, 1.54) is 11.1 Å². The summed E-state index contributed by atoms with van der Waals surface area (Å²) in [6, 6.07) is 10.3. The molecule has 5 nitrogen and oxygen atoms in total. The number of ether oxygens (including phenoxy) is 1. The summed E-state index contributed by atoms with van der Waals surface area (Å²) in [5, 5.41) is 10.9. The largest absolute Gasteiger partial charge is 0.379 e. The summed E-state index contributed by atoms with van der Waals surface area (Å²) in [4.78, 5) is 2.50. The Bertz CT molecular complexity index is 608. The van der Waals surface area contributed by atoms with Crippen molar-refractivity contribution in [3.8, 4) is 11.3 Å². The molecule has 0 radical (unpaired) electrons. The number of nitrogens with zero attached hydrogens (tertiary/aromatic N) is 2. The number of benzene rings is 1. The number of morpholine rings is 1. The molecular weight excluding hydrogens is 324 g/mol. The summed E-state index contributed by atoms with van der Waals surface area (Å²) in [6.07, 6.45) is 1.91. The van der Waals surface area contributed by atoms with E-state index in [-0.39, 0.29) is 17.9 Å². The van der Waals surface area contributed by atoms with Crippen molar-refractivity contribution in [3.05, 3.63) is 42.1 Å². The van der Waals surface area contributed by atoms with Crippen LogP contribution in [0.1, 0.15) is 19.4 Å². The Hall–Kier alpha value is -1.40. The molecule has 3 rings (SSSR count). The summed E-state index contributed by atoms with van der Waals surface area (Å²) in [6.45, 7) is 10.0. The van der Waals surface area contributed by atoms with Gasteiger partial charge in [-0.2, -0.15) is 5.10 Å². The Morgan fingerprint density at radius 3 is 2.62 bits per heavy atom. The van der Waals surface area contributed by atoms with E-state index in [0.717, 1.165) is 45.1 Å². The van der Waals surface area contributed by atoms with Crippen LogP contribution in [0.4, 0.5) is 0 Å². The van der Waals surface area contributed by atoms with Gasteiger partial charge in [-0.05, 0) is 19.4 Å². The minimum atomic E-state index is 0. The van der Waals surface area contributed by atoms with E-state index in [0.29, 0.717) is 0 Å². The summed E-state index contributed by atoms with van der Waals surface area (Å²) < 4.78 is 5.45. The van der Waals surface area contributed by atoms with Crippen LogP contribution in [0.25, 0.3) is 11.3 Å². The molecular formula is C18H27ClN4O. The molecule has 0 saturated carbocycles. The third kappa shape index (κ3) is 4.57. The molecule has 1 aliphatic rings. The summed E-state index contributed by atoms with van der Waals surface area (Å²) in [7, 11) is 0. The van der Waals surface area contributed by atoms with Gasteiger partial charge in [0.15, 0.2) is 0 Å². The van der Waals surface area contributed by atoms with Crippen LogP contribution < -0.4 is 5.32 Å². The fourth-order valence-corrected chi connectivity index (χ4v) is 3.08. The highest BCUT2D eigenvalue weighted by molar-refractivity contribution is 5.85. The number of aromatic amines is 1. The van der Waals surface area contributed by atoms with Gasteiger partial charge in [0.1, 0.15) is 0 Å². The highest BCUT2D eigenvalue weighted by atomic mass is 35.5. The SMILES string of the molecule is CC(C)(CNCc1cn[nH]c1-c1ccccc1)N1CCOCC1.Cl. The van der Waals surface area contributed by atoms with Gasteiger partial charge in [-0.15, -0.1) is 12.4 Å². The Balaban J connectivity index is 0.00000208. The standard InChI is InChI=1S/C18H26N4O.ClH/c1-18(2,22-8-10-23-11-9-22)14-19-12-16-13-20-21-17(16)15-6-4-3-5-7-15;/h3-7,13,19H,8-12,14H2,1-2H3,(H,20,21);1H. The van der Waals surface area contributed by atoms with Gasteiger partial charge in [-0.3, -0.25) is 10.00 Å². The van der Waals surface area contributed by atoms with Crippen molar-refractivity contribution in [1.29, 1.82) is 0 Å². The van der Waals surface area contributed by atoms with Gasteiger partial charge in [0.2, 0.25) is 0 Å². The second kappa shape index (κ2) is 8.62. The van der Waals surface area contributed by atoms with Gasteiger partial charge in [0, 0.05) is 37.3 Å². The second-order valence-corrected chi connectivity index (χ2v) is 6.65. The molecule has 0 amide bonds. The lowest BCUT2D eigenvalue weighted by molar-refractivity contribution is -0.00966. The number of halogens is 1. The van der Waals surface area contributed by atoms with Crippen LogP contribution >= 0.6 is 12.4 Å². The van der Waals surface area contributed by atoms with Crippen LogP contribution in [0.3, 0.4) is 0 Å². The molecule has 1 aliphatic heterocycles. The van der Waals surface area contributed by atoms with E-state index >= 15 is 0 Å². The monoisotopic (exact) mass is 350 g/mol. The van der Waals surface area contributed by atoms with Crippen molar-refractivity contribution in [2.75, 3.05) is 32.8 Å². The molecule has 6 heteroatoms. The number of hydrogen-bond donors (Lipinski definition) is 2. The summed E-state index contributed by atoms with van der Waals surface area (Å²) >= 11 is 0. The van der Waals surface area contributed by atoms with Crippen molar-refractivity contribution in [3.63, 3.8) is 0 Å². The minimum Gasteiger partial charge on any atom is -0.379 e. The lowest BCUT2D eigenvalue weighted by Gasteiger charge is -2.41. The van der Waals surface area contributed by atoms with Crippen molar-refractivity contribution in [2.24, 2.45) is 0 Å². The van der Waals surface area contributed by atoms with Crippen molar-refractivity contribution < 1.29 is 4.74 Å². The molecule has 2 heterocycles. The van der Waals surface area contributed by atoms with Crippen molar-refractivity contribution in [2.45, 2.75) is 25.9 Å². The number of aromatic nitrogens is 2. The Morgan fingerprint density at radius 2 is 1.92 bits per heavy atom. The smallest absolute Gasteiger partial charge is 0.0695 e. The summed E-state index contributed by atoms with van der Waals surface area (Å²) in [5.41, 5.74) is 3.60. The number of H-pyrrole nitrogens is 1. The number of nitrogens with one attached hydrogen (secondary N) is 2. The third-order valence-electron chi connectivity index (χ3n) is 4.52. The zero-order chi connectivity index (χ0) is 16.1. The Labute approximate surface area is 150 Å². The maximum Gasteiger partial charge on any atom is 0.0695 e. The van der Waals surface area contributed by atoms with Crippen molar-refractivity contribution >= 4 is 12.4 Å². The lowest BCUT2D eigenvalue weighted by atomic mass is 10.0. The average Bonchev–Trinajstić information content (AvgIpc) is 3.05. The fourth-order valence-electron chi connectivity index (χ4n) is 3.08.